The number of hydrogen-bond acceptors (Lipinski definition) is 4. The number of rotatable bonds is 6. The lowest BCUT2D eigenvalue weighted by atomic mass is 10.0. The van der Waals surface area contributed by atoms with E-state index in [0.29, 0.717) is 11.8 Å². The van der Waals surface area contributed by atoms with E-state index in [4.69, 9.17) is 4.42 Å². The molecule has 2 unspecified atom stereocenters. The Bertz CT molecular complexity index is 342. The van der Waals surface area contributed by atoms with Gasteiger partial charge in [0.25, 0.3) is 0 Å². The van der Waals surface area contributed by atoms with E-state index in [9.17, 15) is 5.11 Å². The number of hydrogen-bond donors (Lipinski definition) is 1. The van der Waals surface area contributed by atoms with Crippen molar-refractivity contribution in [3.05, 3.63) is 24.2 Å². The summed E-state index contributed by atoms with van der Waals surface area (Å²) >= 11 is 1.90. The molecule has 1 saturated heterocycles. The molecule has 0 radical (unpaired) electrons. The summed E-state index contributed by atoms with van der Waals surface area (Å²) in [7, 11) is 0. The molecule has 2 rings (SSSR count). The Kier molecular flexibility index (Phi) is 6.28. The standard InChI is InChI=1S/C15H25NO2S/c1-19-11-9-16-8-4-2-3-6-13(16)12-14(17)15-7-5-10-18-15/h5,7,10,13-14,17H,2-4,6,8-9,11-12H2,1H3. The molecule has 0 amide bonds. The maximum Gasteiger partial charge on any atom is 0.132 e. The molecule has 2 heterocycles. The van der Waals surface area contributed by atoms with Crippen molar-refractivity contribution in [2.75, 3.05) is 25.1 Å². The van der Waals surface area contributed by atoms with E-state index in [0.717, 1.165) is 13.0 Å². The van der Waals surface area contributed by atoms with Crippen LogP contribution in [-0.2, 0) is 0 Å². The van der Waals surface area contributed by atoms with Crippen molar-refractivity contribution in [1.82, 2.24) is 4.90 Å². The minimum Gasteiger partial charge on any atom is -0.467 e. The highest BCUT2D eigenvalue weighted by atomic mass is 32.2. The van der Waals surface area contributed by atoms with Crippen molar-refractivity contribution in [3.63, 3.8) is 0 Å². The molecule has 1 aromatic rings. The van der Waals surface area contributed by atoms with Crippen molar-refractivity contribution in [1.29, 1.82) is 0 Å². The van der Waals surface area contributed by atoms with E-state index in [1.54, 1.807) is 6.26 Å². The van der Waals surface area contributed by atoms with Gasteiger partial charge in [-0.25, -0.2) is 0 Å². The van der Waals surface area contributed by atoms with Crippen LogP contribution < -0.4 is 0 Å². The molecule has 19 heavy (non-hydrogen) atoms. The molecule has 1 N–H and O–H groups in total. The molecule has 1 fully saturated rings. The minimum absolute atomic E-state index is 0.463. The summed E-state index contributed by atoms with van der Waals surface area (Å²) in [6.45, 7) is 2.31. The molecule has 1 aliphatic rings. The van der Waals surface area contributed by atoms with Gasteiger partial charge in [-0.2, -0.15) is 11.8 Å². The molecule has 3 nitrogen and oxygen atoms in total. The van der Waals surface area contributed by atoms with Crippen LogP contribution in [0.2, 0.25) is 0 Å². The van der Waals surface area contributed by atoms with Gasteiger partial charge in [0.2, 0.25) is 0 Å². The Hall–Kier alpha value is -0.450. The van der Waals surface area contributed by atoms with Crippen LogP contribution in [0.1, 0.15) is 44.0 Å². The second-order valence-electron chi connectivity index (χ2n) is 5.30. The zero-order valence-corrected chi connectivity index (χ0v) is 12.6. The summed E-state index contributed by atoms with van der Waals surface area (Å²) in [5.74, 6) is 1.88. The van der Waals surface area contributed by atoms with E-state index >= 15 is 0 Å². The average Bonchev–Trinajstić information content (AvgIpc) is 2.86. The van der Waals surface area contributed by atoms with Crippen LogP contribution in [0, 0.1) is 0 Å². The second kappa shape index (κ2) is 7.98. The van der Waals surface area contributed by atoms with E-state index in [1.807, 2.05) is 23.9 Å². The molecular weight excluding hydrogens is 258 g/mol. The topological polar surface area (TPSA) is 36.6 Å². The van der Waals surface area contributed by atoms with Crippen molar-refractivity contribution in [3.8, 4) is 0 Å². The Balaban J connectivity index is 1.93. The summed E-state index contributed by atoms with van der Waals surface area (Å²) in [4.78, 5) is 2.57. The van der Waals surface area contributed by atoms with Crippen molar-refractivity contribution >= 4 is 11.8 Å². The third-order valence-corrected chi connectivity index (χ3v) is 4.54. The highest BCUT2D eigenvalue weighted by Crippen LogP contribution is 2.26. The van der Waals surface area contributed by atoms with Crippen molar-refractivity contribution in [2.24, 2.45) is 0 Å². The zero-order chi connectivity index (χ0) is 13.5. The maximum absolute atomic E-state index is 10.3. The molecule has 0 bridgehead atoms. The van der Waals surface area contributed by atoms with Gasteiger partial charge in [-0.1, -0.05) is 12.8 Å². The van der Waals surface area contributed by atoms with Crippen molar-refractivity contribution < 1.29 is 9.52 Å². The third kappa shape index (κ3) is 4.55. The fraction of sp³-hybridized carbons (Fsp3) is 0.733. The molecule has 1 aliphatic heterocycles. The van der Waals surface area contributed by atoms with E-state index < -0.39 is 6.10 Å². The largest absolute Gasteiger partial charge is 0.467 e. The number of aliphatic hydroxyl groups excluding tert-OH is 1. The molecule has 4 heteroatoms. The first-order valence-corrected chi connectivity index (χ1v) is 8.65. The minimum atomic E-state index is -0.463. The predicted octanol–water partition coefficient (Wildman–Crippen LogP) is 3.31. The molecule has 0 aliphatic carbocycles. The third-order valence-electron chi connectivity index (χ3n) is 3.95. The van der Waals surface area contributed by atoms with Crippen LogP contribution in [0.4, 0.5) is 0 Å². The smallest absolute Gasteiger partial charge is 0.132 e. The van der Waals surface area contributed by atoms with Gasteiger partial charge in [-0.3, -0.25) is 4.90 Å². The summed E-state index contributed by atoms with van der Waals surface area (Å²) in [6.07, 6.45) is 9.22. The summed E-state index contributed by atoms with van der Waals surface area (Å²) in [5, 5.41) is 10.3. The van der Waals surface area contributed by atoms with Gasteiger partial charge in [0, 0.05) is 18.3 Å². The first-order valence-electron chi connectivity index (χ1n) is 7.25. The van der Waals surface area contributed by atoms with Gasteiger partial charge >= 0.3 is 0 Å². The number of nitrogens with zero attached hydrogens (tertiary/aromatic N) is 1. The Morgan fingerprint density at radius 2 is 2.37 bits per heavy atom. The van der Waals surface area contributed by atoms with Crippen molar-refractivity contribution in [2.45, 2.75) is 44.2 Å². The zero-order valence-electron chi connectivity index (χ0n) is 11.8. The van der Waals surface area contributed by atoms with Crippen LogP contribution in [0.5, 0.6) is 0 Å². The summed E-state index contributed by atoms with van der Waals surface area (Å²) < 4.78 is 5.31. The Morgan fingerprint density at radius 3 is 3.11 bits per heavy atom. The lowest BCUT2D eigenvalue weighted by Crippen LogP contribution is -2.37. The van der Waals surface area contributed by atoms with Gasteiger partial charge in [-0.05, 0) is 44.2 Å². The molecular formula is C15H25NO2S. The van der Waals surface area contributed by atoms with Crippen LogP contribution in [0.3, 0.4) is 0 Å². The fourth-order valence-corrected chi connectivity index (χ4v) is 3.28. The number of likely N-dealkylation sites (tertiary alicyclic amines) is 1. The first-order chi connectivity index (χ1) is 9.31. The number of furan rings is 1. The Morgan fingerprint density at radius 1 is 1.47 bits per heavy atom. The van der Waals surface area contributed by atoms with E-state index in [-0.39, 0.29) is 0 Å². The highest BCUT2D eigenvalue weighted by Gasteiger charge is 2.24. The van der Waals surface area contributed by atoms with Gasteiger partial charge in [0.1, 0.15) is 11.9 Å². The van der Waals surface area contributed by atoms with Gasteiger partial charge in [0.15, 0.2) is 0 Å². The summed E-state index contributed by atoms with van der Waals surface area (Å²) in [6, 6.07) is 4.21. The quantitative estimate of drug-likeness (QED) is 0.869. The normalized spacial score (nSPS) is 23.2. The monoisotopic (exact) mass is 283 g/mol. The molecule has 0 aromatic carbocycles. The molecule has 108 valence electrons. The average molecular weight is 283 g/mol. The lowest BCUT2D eigenvalue weighted by Gasteiger charge is -2.30. The van der Waals surface area contributed by atoms with Gasteiger partial charge in [0.05, 0.1) is 6.26 Å². The van der Waals surface area contributed by atoms with E-state index in [2.05, 4.69) is 11.2 Å². The van der Waals surface area contributed by atoms with Gasteiger partial charge in [-0.15, -0.1) is 0 Å². The molecule has 2 atom stereocenters. The van der Waals surface area contributed by atoms with Crippen LogP contribution in [-0.4, -0.2) is 41.1 Å². The second-order valence-corrected chi connectivity index (χ2v) is 6.28. The SMILES string of the molecule is CSCCN1CCCCCC1CC(O)c1ccco1. The molecule has 1 aromatic heterocycles. The number of thioether (sulfide) groups is 1. The number of aliphatic hydroxyl groups is 1. The van der Waals surface area contributed by atoms with Crippen LogP contribution >= 0.6 is 11.8 Å². The van der Waals surface area contributed by atoms with Crippen LogP contribution in [0.25, 0.3) is 0 Å². The lowest BCUT2D eigenvalue weighted by molar-refractivity contribution is 0.0891. The Labute approximate surface area is 120 Å². The molecule has 0 spiro atoms. The maximum atomic E-state index is 10.3. The van der Waals surface area contributed by atoms with Gasteiger partial charge < -0.3 is 9.52 Å². The molecule has 0 saturated carbocycles. The van der Waals surface area contributed by atoms with E-state index in [1.165, 1.54) is 38.0 Å². The van der Waals surface area contributed by atoms with Crippen LogP contribution in [0.15, 0.2) is 22.8 Å². The summed E-state index contributed by atoms with van der Waals surface area (Å²) in [5.41, 5.74) is 0. The first kappa shape index (κ1) is 14.9. The highest BCUT2D eigenvalue weighted by molar-refractivity contribution is 7.98. The fourth-order valence-electron chi connectivity index (χ4n) is 2.86. The predicted molar refractivity (Wildman–Crippen MR) is 80.5 cm³/mol.